The van der Waals surface area contributed by atoms with Crippen molar-refractivity contribution < 1.29 is 9.26 Å². The van der Waals surface area contributed by atoms with Crippen molar-refractivity contribution in [2.45, 2.75) is 33.8 Å². The lowest BCUT2D eigenvalue weighted by Gasteiger charge is -2.08. The highest BCUT2D eigenvalue weighted by Crippen LogP contribution is 2.19. The van der Waals surface area contributed by atoms with E-state index in [1.807, 2.05) is 39.0 Å². The Morgan fingerprint density at radius 2 is 1.83 bits per heavy atom. The minimum Gasteiger partial charge on any atom is -0.482 e. The number of ether oxygens (including phenoxy) is 1. The zero-order valence-electron chi connectivity index (χ0n) is 13.3. The topological polar surface area (TPSA) is 86.8 Å². The van der Waals surface area contributed by atoms with E-state index in [-0.39, 0.29) is 6.61 Å². The number of rotatable bonds is 5. The van der Waals surface area contributed by atoms with Crippen molar-refractivity contribution >= 4 is 0 Å². The van der Waals surface area contributed by atoms with Gasteiger partial charge < -0.3 is 9.26 Å². The maximum atomic E-state index is 5.74. The standard InChI is InChI=1S/C16H17N5O2/c1-4-12-14(8-6-10(2)17-12)22-9-15-18-16(21-23-15)13-7-5-11(3)19-20-13/h5-8H,4,9H2,1-3H3. The van der Waals surface area contributed by atoms with E-state index in [0.717, 1.165) is 29.3 Å². The smallest absolute Gasteiger partial charge is 0.264 e. The van der Waals surface area contributed by atoms with Gasteiger partial charge >= 0.3 is 0 Å². The van der Waals surface area contributed by atoms with Crippen molar-refractivity contribution in [2.75, 3.05) is 0 Å². The lowest BCUT2D eigenvalue weighted by Crippen LogP contribution is -2.01. The van der Waals surface area contributed by atoms with E-state index < -0.39 is 0 Å². The molecular formula is C16H17N5O2. The second-order valence-corrected chi connectivity index (χ2v) is 5.11. The average molecular weight is 311 g/mol. The molecule has 0 amide bonds. The van der Waals surface area contributed by atoms with Gasteiger partial charge in [0, 0.05) is 5.69 Å². The summed E-state index contributed by atoms with van der Waals surface area (Å²) >= 11 is 0. The van der Waals surface area contributed by atoms with Crippen LogP contribution in [0.3, 0.4) is 0 Å². The molecule has 7 heteroatoms. The van der Waals surface area contributed by atoms with Crippen LogP contribution >= 0.6 is 0 Å². The van der Waals surface area contributed by atoms with Gasteiger partial charge in [0.2, 0.25) is 5.82 Å². The molecule has 0 N–H and O–H groups in total. The number of aryl methyl sites for hydroxylation is 3. The van der Waals surface area contributed by atoms with E-state index in [0.29, 0.717) is 17.4 Å². The zero-order valence-corrected chi connectivity index (χ0v) is 13.3. The van der Waals surface area contributed by atoms with Crippen molar-refractivity contribution in [3.05, 3.63) is 47.2 Å². The first-order chi connectivity index (χ1) is 11.2. The number of aromatic nitrogens is 5. The van der Waals surface area contributed by atoms with Gasteiger partial charge in [-0.25, -0.2) is 0 Å². The molecule has 0 unspecified atom stereocenters. The van der Waals surface area contributed by atoms with Gasteiger partial charge in [-0.2, -0.15) is 10.1 Å². The van der Waals surface area contributed by atoms with Gasteiger partial charge in [-0.3, -0.25) is 4.98 Å². The van der Waals surface area contributed by atoms with Gasteiger partial charge in [0.15, 0.2) is 6.61 Å². The minimum atomic E-state index is 0.185. The number of hydrogen-bond acceptors (Lipinski definition) is 7. The Hall–Kier alpha value is -2.83. The van der Waals surface area contributed by atoms with Crippen LogP contribution in [0.5, 0.6) is 5.75 Å². The van der Waals surface area contributed by atoms with Gasteiger partial charge in [-0.05, 0) is 44.5 Å². The van der Waals surface area contributed by atoms with E-state index in [1.54, 1.807) is 6.07 Å². The fourth-order valence-corrected chi connectivity index (χ4v) is 2.06. The van der Waals surface area contributed by atoms with Crippen molar-refractivity contribution in [3.8, 4) is 17.3 Å². The first kappa shape index (κ1) is 15.1. The van der Waals surface area contributed by atoms with Gasteiger partial charge in [-0.15, -0.1) is 5.10 Å². The molecule has 0 atom stereocenters. The molecule has 0 aliphatic rings. The van der Waals surface area contributed by atoms with Crippen LogP contribution in [0.4, 0.5) is 0 Å². The number of pyridine rings is 1. The van der Waals surface area contributed by atoms with Crippen LogP contribution < -0.4 is 4.74 Å². The van der Waals surface area contributed by atoms with E-state index in [4.69, 9.17) is 9.26 Å². The van der Waals surface area contributed by atoms with Crippen LogP contribution in [0.25, 0.3) is 11.5 Å². The first-order valence-corrected chi connectivity index (χ1v) is 7.38. The normalized spacial score (nSPS) is 10.7. The van der Waals surface area contributed by atoms with E-state index >= 15 is 0 Å². The summed E-state index contributed by atoms with van der Waals surface area (Å²) in [6, 6.07) is 7.47. The molecule has 3 rings (SSSR count). The molecule has 0 saturated carbocycles. The van der Waals surface area contributed by atoms with Crippen LogP contribution in [-0.4, -0.2) is 25.3 Å². The van der Waals surface area contributed by atoms with Crippen molar-refractivity contribution in [2.24, 2.45) is 0 Å². The molecule has 23 heavy (non-hydrogen) atoms. The maximum absolute atomic E-state index is 5.74. The molecule has 7 nitrogen and oxygen atoms in total. The first-order valence-electron chi connectivity index (χ1n) is 7.38. The molecule has 0 aliphatic carbocycles. The molecule has 0 aromatic carbocycles. The third kappa shape index (κ3) is 3.50. The summed E-state index contributed by atoms with van der Waals surface area (Å²) in [6.07, 6.45) is 0.797. The maximum Gasteiger partial charge on any atom is 0.264 e. The third-order valence-corrected chi connectivity index (χ3v) is 3.25. The van der Waals surface area contributed by atoms with Crippen LogP contribution in [0, 0.1) is 13.8 Å². The van der Waals surface area contributed by atoms with E-state index in [2.05, 4.69) is 25.3 Å². The van der Waals surface area contributed by atoms with E-state index in [9.17, 15) is 0 Å². The van der Waals surface area contributed by atoms with E-state index in [1.165, 1.54) is 0 Å². The molecule has 0 radical (unpaired) electrons. The summed E-state index contributed by atoms with van der Waals surface area (Å²) < 4.78 is 10.9. The third-order valence-electron chi connectivity index (χ3n) is 3.25. The zero-order chi connectivity index (χ0) is 16.2. The van der Waals surface area contributed by atoms with Crippen LogP contribution in [0.2, 0.25) is 0 Å². The summed E-state index contributed by atoms with van der Waals surface area (Å²) in [4.78, 5) is 8.73. The fraction of sp³-hybridized carbons (Fsp3) is 0.312. The quantitative estimate of drug-likeness (QED) is 0.715. The van der Waals surface area contributed by atoms with Crippen LogP contribution in [-0.2, 0) is 13.0 Å². The lowest BCUT2D eigenvalue weighted by molar-refractivity contribution is 0.240. The molecule has 3 aromatic heterocycles. The molecule has 3 heterocycles. The predicted octanol–water partition coefficient (Wildman–Crippen LogP) is 2.68. The van der Waals surface area contributed by atoms with Crippen LogP contribution in [0.1, 0.15) is 29.9 Å². The molecule has 0 bridgehead atoms. The molecule has 3 aromatic rings. The molecule has 0 saturated heterocycles. The molecular weight excluding hydrogens is 294 g/mol. The Morgan fingerprint density at radius 3 is 2.57 bits per heavy atom. The summed E-state index contributed by atoms with van der Waals surface area (Å²) in [7, 11) is 0. The summed E-state index contributed by atoms with van der Waals surface area (Å²) in [6.45, 7) is 6.04. The minimum absolute atomic E-state index is 0.185. The largest absolute Gasteiger partial charge is 0.482 e. The Bertz CT molecular complexity index is 798. The molecule has 0 spiro atoms. The summed E-state index contributed by atoms with van der Waals surface area (Å²) in [5.41, 5.74) is 3.28. The fourth-order valence-electron chi connectivity index (χ4n) is 2.06. The van der Waals surface area contributed by atoms with Gasteiger partial charge in [-0.1, -0.05) is 12.1 Å². The SMILES string of the molecule is CCc1nc(C)ccc1OCc1nc(-c2ccc(C)nn2)no1. The number of nitrogens with zero attached hydrogens (tertiary/aromatic N) is 5. The lowest BCUT2D eigenvalue weighted by atomic mass is 10.2. The second kappa shape index (κ2) is 6.51. The Balaban J connectivity index is 1.71. The Morgan fingerprint density at radius 1 is 1.00 bits per heavy atom. The second-order valence-electron chi connectivity index (χ2n) is 5.11. The molecule has 118 valence electrons. The van der Waals surface area contributed by atoms with Gasteiger partial charge in [0.1, 0.15) is 11.4 Å². The van der Waals surface area contributed by atoms with Gasteiger partial charge in [0.25, 0.3) is 5.89 Å². The van der Waals surface area contributed by atoms with Gasteiger partial charge in [0.05, 0.1) is 11.4 Å². The van der Waals surface area contributed by atoms with Crippen molar-refractivity contribution in [1.29, 1.82) is 0 Å². The molecule has 0 aliphatic heterocycles. The monoisotopic (exact) mass is 311 g/mol. The van der Waals surface area contributed by atoms with Crippen molar-refractivity contribution in [1.82, 2.24) is 25.3 Å². The van der Waals surface area contributed by atoms with Crippen molar-refractivity contribution in [3.63, 3.8) is 0 Å². The Kier molecular flexibility index (Phi) is 4.27. The number of hydrogen-bond donors (Lipinski definition) is 0. The molecule has 0 fully saturated rings. The highest BCUT2D eigenvalue weighted by Gasteiger charge is 2.12. The summed E-state index contributed by atoms with van der Waals surface area (Å²) in [5.74, 6) is 1.51. The predicted molar refractivity (Wildman–Crippen MR) is 82.7 cm³/mol. The Labute approximate surface area is 133 Å². The highest BCUT2D eigenvalue weighted by atomic mass is 16.5. The van der Waals surface area contributed by atoms with Crippen LogP contribution in [0.15, 0.2) is 28.8 Å². The summed E-state index contributed by atoms with van der Waals surface area (Å²) in [5, 5.41) is 11.9. The highest BCUT2D eigenvalue weighted by molar-refractivity contribution is 5.46. The average Bonchev–Trinajstić information content (AvgIpc) is 3.03.